The van der Waals surface area contributed by atoms with Crippen molar-refractivity contribution in [2.45, 2.75) is 6.61 Å². The van der Waals surface area contributed by atoms with Crippen molar-refractivity contribution in [3.05, 3.63) is 69.4 Å². The minimum absolute atomic E-state index is 0.00452. The molecule has 0 amide bonds. The standard InChI is InChI=1S/C19H14N2O9/c20-15-13(18(25)26)12(14(19(27)28)16(22)21-15)9-3-1-2-4-10(9)29-7-8-5-6-11(30-8)17(23)24/h1-6H,7H2,(H,23,24)(H,25,26)(H,27,28)(H3,20,21,22). The summed E-state index contributed by atoms with van der Waals surface area (Å²) in [7, 11) is 0. The maximum absolute atomic E-state index is 12.2. The Balaban J connectivity index is 2.13. The smallest absolute Gasteiger partial charge is 0.371 e. The third kappa shape index (κ3) is 3.71. The van der Waals surface area contributed by atoms with Gasteiger partial charge in [0.15, 0.2) is 0 Å². The van der Waals surface area contributed by atoms with Crippen molar-refractivity contribution in [2.24, 2.45) is 0 Å². The Morgan fingerprint density at radius 3 is 2.23 bits per heavy atom. The number of H-pyrrole nitrogens is 1. The quantitative estimate of drug-likeness (QED) is 0.381. The van der Waals surface area contributed by atoms with E-state index in [4.69, 9.17) is 20.0 Å². The number of hydrogen-bond acceptors (Lipinski definition) is 7. The lowest BCUT2D eigenvalue weighted by atomic mass is 9.94. The number of aromatic nitrogens is 1. The van der Waals surface area contributed by atoms with Gasteiger partial charge in [-0.2, -0.15) is 0 Å². The highest BCUT2D eigenvalue weighted by Crippen LogP contribution is 2.36. The number of anilines is 1. The largest absolute Gasteiger partial charge is 0.485 e. The van der Waals surface area contributed by atoms with Gasteiger partial charge in [0, 0.05) is 11.1 Å². The zero-order valence-electron chi connectivity index (χ0n) is 15.0. The zero-order chi connectivity index (χ0) is 22.0. The van der Waals surface area contributed by atoms with E-state index in [1.807, 2.05) is 4.98 Å². The number of nitrogen functional groups attached to an aromatic ring is 1. The van der Waals surface area contributed by atoms with Crippen molar-refractivity contribution in [2.75, 3.05) is 5.73 Å². The summed E-state index contributed by atoms with van der Waals surface area (Å²) in [5, 5.41) is 27.9. The number of carbonyl (C=O) groups is 3. The Morgan fingerprint density at radius 2 is 1.63 bits per heavy atom. The van der Waals surface area contributed by atoms with E-state index in [0.29, 0.717) is 0 Å². The molecular formula is C19H14N2O9. The molecule has 154 valence electrons. The summed E-state index contributed by atoms with van der Waals surface area (Å²) in [5.41, 5.74) is 2.72. The Kier molecular flexibility index (Phi) is 5.27. The average molecular weight is 414 g/mol. The summed E-state index contributed by atoms with van der Waals surface area (Å²) >= 11 is 0. The van der Waals surface area contributed by atoms with E-state index in [-0.39, 0.29) is 29.4 Å². The summed E-state index contributed by atoms with van der Waals surface area (Å²) in [4.78, 5) is 48.6. The number of rotatable bonds is 7. The molecule has 0 saturated heterocycles. The first kappa shape index (κ1) is 20.2. The SMILES string of the molecule is Nc1[nH]c(=O)c(C(=O)O)c(-c2ccccc2OCc2ccc(C(=O)O)o2)c1C(=O)O. The second kappa shape index (κ2) is 7.83. The van der Waals surface area contributed by atoms with Crippen LogP contribution in [0, 0.1) is 0 Å². The number of carboxylic acids is 3. The molecule has 6 N–H and O–H groups in total. The van der Waals surface area contributed by atoms with E-state index in [1.54, 1.807) is 6.07 Å². The first-order valence-electron chi connectivity index (χ1n) is 8.27. The zero-order valence-corrected chi connectivity index (χ0v) is 15.0. The molecule has 0 aliphatic rings. The van der Waals surface area contributed by atoms with Crippen molar-refractivity contribution >= 4 is 23.7 Å². The molecule has 2 heterocycles. The van der Waals surface area contributed by atoms with Gasteiger partial charge in [0.05, 0.1) is 0 Å². The molecule has 0 fully saturated rings. The van der Waals surface area contributed by atoms with E-state index in [0.717, 1.165) is 0 Å². The molecule has 0 saturated carbocycles. The normalized spacial score (nSPS) is 10.5. The highest BCUT2D eigenvalue weighted by Gasteiger charge is 2.28. The molecule has 0 bridgehead atoms. The minimum atomic E-state index is -1.65. The van der Waals surface area contributed by atoms with Crippen LogP contribution in [0.3, 0.4) is 0 Å². The van der Waals surface area contributed by atoms with Crippen LogP contribution in [0.5, 0.6) is 5.75 Å². The van der Waals surface area contributed by atoms with E-state index in [1.165, 1.54) is 30.3 Å². The van der Waals surface area contributed by atoms with Crippen molar-refractivity contribution in [1.29, 1.82) is 0 Å². The Hall–Kier alpha value is -4.54. The van der Waals surface area contributed by atoms with Gasteiger partial charge in [-0.15, -0.1) is 0 Å². The average Bonchev–Trinajstić information content (AvgIpc) is 3.14. The van der Waals surface area contributed by atoms with Gasteiger partial charge in [-0.3, -0.25) is 4.79 Å². The van der Waals surface area contributed by atoms with Crippen LogP contribution in [0.15, 0.2) is 45.6 Å². The molecule has 0 unspecified atom stereocenters. The Morgan fingerprint density at radius 1 is 0.967 bits per heavy atom. The molecule has 3 aromatic rings. The van der Waals surface area contributed by atoms with Gasteiger partial charge in [0.2, 0.25) is 5.76 Å². The second-order valence-electron chi connectivity index (χ2n) is 5.96. The van der Waals surface area contributed by atoms with Crippen LogP contribution in [0.25, 0.3) is 11.1 Å². The van der Waals surface area contributed by atoms with Crippen LogP contribution in [-0.4, -0.2) is 38.2 Å². The predicted octanol–water partition coefficient (Wildman–Crippen LogP) is 1.89. The number of nitrogens with one attached hydrogen (secondary N) is 1. The van der Waals surface area contributed by atoms with Crippen LogP contribution in [0.2, 0.25) is 0 Å². The number of aromatic carboxylic acids is 3. The summed E-state index contributed by atoms with van der Waals surface area (Å²) in [6.07, 6.45) is 0. The fourth-order valence-corrected chi connectivity index (χ4v) is 2.83. The molecule has 0 atom stereocenters. The molecule has 2 aromatic heterocycles. The number of pyridine rings is 1. The van der Waals surface area contributed by atoms with Crippen molar-refractivity contribution in [3.63, 3.8) is 0 Å². The third-order valence-corrected chi connectivity index (χ3v) is 4.07. The highest BCUT2D eigenvalue weighted by molar-refractivity contribution is 6.08. The van der Waals surface area contributed by atoms with Crippen molar-refractivity contribution in [1.82, 2.24) is 4.98 Å². The van der Waals surface area contributed by atoms with Crippen LogP contribution in [-0.2, 0) is 6.61 Å². The van der Waals surface area contributed by atoms with Gasteiger partial charge in [-0.1, -0.05) is 18.2 Å². The van der Waals surface area contributed by atoms with Gasteiger partial charge < -0.3 is 35.2 Å². The Bertz CT molecular complexity index is 1220. The van der Waals surface area contributed by atoms with Crippen molar-refractivity contribution < 1.29 is 38.9 Å². The Labute approximate surface area is 167 Å². The number of hydrogen-bond donors (Lipinski definition) is 5. The summed E-state index contributed by atoms with van der Waals surface area (Å²) in [6.45, 7) is -0.242. The van der Waals surface area contributed by atoms with Crippen molar-refractivity contribution in [3.8, 4) is 16.9 Å². The topological polar surface area (TPSA) is 193 Å². The summed E-state index contributed by atoms with van der Waals surface area (Å²) < 4.78 is 10.7. The number of ether oxygens (including phenoxy) is 1. The predicted molar refractivity (Wildman–Crippen MR) is 101 cm³/mol. The lowest BCUT2D eigenvalue weighted by molar-refractivity contribution is 0.0653. The van der Waals surface area contributed by atoms with Crippen LogP contribution in [0.1, 0.15) is 37.0 Å². The molecule has 11 nitrogen and oxygen atoms in total. The third-order valence-electron chi connectivity index (χ3n) is 4.07. The lowest BCUT2D eigenvalue weighted by Gasteiger charge is -2.15. The number of furan rings is 1. The number of carboxylic acid groups (broad SMARTS) is 3. The fraction of sp³-hybridized carbons (Fsp3) is 0.0526. The minimum Gasteiger partial charge on any atom is -0.485 e. The molecule has 0 spiro atoms. The number of para-hydroxylation sites is 1. The van der Waals surface area contributed by atoms with E-state index < -0.39 is 46.0 Å². The van der Waals surface area contributed by atoms with Gasteiger partial charge in [0.25, 0.3) is 5.56 Å². The first-order valence-corrected chi connectivity index (χ1v) is 8.27. The molecule has 0 radical (unpaired) electrons. The molecule has 3 rings (SSSR count). The van der Waals surface area contributed by atoms with Gasteiger partial charge in [-0.05, 0) is 18.2 Å². The van der Waals surface area contributed by atoms with Crippen LogP contribution >= 0.6 is 0 Å². The molecule has 30 heavy (non-hydrogen) atoms. The summed E-state index contributed by atoms with van der Waals surface area (Å²) in [6, 6.07) is 8.43. The molecule has 0 aliphatic carbocycles. The molecule has 1 aromatic carbocycles. The molecule has 11 heteroatoms. The van der Waals surface area contributed by atoms with E-state index in [2.05, 4.69) is 0 Å². The maximum atomic E-state index is 12.2. The van der Waals surface area contributed by atoms with Gasteiger partial charge >= 0.3 is 17.9 Å². The van der Waals surface area contributed by atoms with Crippen LogP contribution < -0.4 is 16.0 Å². The van der Waals surface area contributed by atoms with E-state index >= 15 is 0 Å². The first-order chi connectivity index (χ1) is 14.2. The molecular weight excluding hydrogens is 400 g/mol. The lowest BCUT2D eigenvalue weighted by Crippen LogP contribution is -2.24. The number of nitrogens with two attached hydrogens (primary N) is 1. The molecule has 0 aliphatic heterocycles. The van der Waals surface area contributed by atoms with Crippen LogP contribution in [0.4, 0.5) is 5.82 Å². The van der Waals surface area contributed by atoms with E-state index in [9.17, 15) is 29.4 Å². The second-order valence-corrected chi connectivity index (χ2v) is 5.96. The maximum Gasteiger partial charge on any atom is 0.371 e. The van der Waals surface area contributed by atoms with Gasteiger partial charge in [0.1, 0.15) is 35.1 Å². The fourth-order valence-electron chi connectivity index (χ4n) is 2.83. The number of aromatic amines is 1. The van der Waals surface area contributed by atoms with Gasteiger partial charge in [-0.25, -0.2) is 14.4 Å². The number of benzene rings is 1. The summed E-state index contributed by atoms with van der Waals surface area (Å²) in [5.74, 6) is -5.10. The highest BCUT2D eigenvalue weighted by atomic mass is 16.5. The monoisotopic (exact) mass is 414 g/mol.